The van der Waals surface area contributed by atoms with Gasteiger partial charge in [-0.05, 0) is 31.5 Å². The van der Waals surface area contributed by atoms with Crippen LogP contribution >= 0.6 is 0 Å². The third-order valence-corrected chi connectivity index (χ3v) is 2.63. The second kappa shape index (κ2) is 5.64. The molecule has 0 atom stereocenters. The van der Waals surface area contributed by atoms with E-state index in [0.29, 0.717) is 0 Å². The van der Waals surface area contributed by atoms with Gasteiger partial charge in [-0.15, -0.1) is 0 Å². The van der Waals surface area contributed by atoms with Crippen LogP contribution in [-0.2, 0) is 4.74 Å². The minimum Gasteiger partial charge on any atom is -0.461 e. The highest BCUT2D eigenvalue weighted by molar-refractivity contribution is 5.86. The van der Waals surface area contributed by atoms with E-state index in [4.69, 9.17) is 4.74 Å². The van der Waals surface area contributed by atoms with E-state index >= 15 is 0 Å². The summed E-state index contributed by atoms with van der Waals surface area (Å²) in [5, 5.41) is 3.85. The van der Waals surface area contributed by atoms with Gasteiger partial charge in [-0.3, -0.25) is 4.79 Å². The van der Waals surface area contributed by atoms with Crippen LogP contribution in [0.4, 0.5) is 4.39 Å². The summed E-state index contributed by atoms with van der Waals surface area (Å²) in [5.41, 5.74) is 0.0677. The topological polar surface area (TPSA) is 61.2 Å². The lowest BCUT2D eigenvalue weighted by molar-refractivity contribution is 0.0515. The molecule has 0 saturated heterocycles. The van der Waals surface area contributed by atoms with Crippen molar-refractivity contribution in [3.63, 3.8) is 0 Å². The molecule has 2 aromatic rings. The molecule has 0 fully saturated rings. The molecule has 0 bridgehead atoms. The Bertz CT molecular complexity index is 710. The Kier molecular flexibility index (Phi) is 3.93. The number of hydrogen-bond acceptors (Lipinski definition) is 4. The summed E-state index contributed by atoms with van der Waals surface area (Å²) >= 11 is 0. The summed E-state index contributed by atoms with van der Waals surface area (Å²) in [5.74, 6) is -1.32. The van der Waals surface area contributed by atoms with Crippen LogP contribution in [0.3, 0.4) is 0 Å². The van der Waals surface area contributed by atoms with E-state index < -0.39 is 17.2 Å². The molecule has 1 heterocycles. The molecule has 0 N–H and O–H groups in total. The van der Waals surface area contributed by atoms with Gasteiger partial charge in [-0.2, -0.15) is 5.10 Å². The van der Waals surface area contributed by atoms with Crippen molar-refractivity contribution in [2.24, 2.45) is 0 Å². The van der Waals surface area contributed by atoms with Crippen LogP contribution in [0.1, 0.15) is 23.0 Å². The highest BCUT2D eigenvalue weighted by Gasteiger charge is 2.15. The number of rotatable bonds is 3. The summed E-state index contributed by atoms with van der Waals surface area (Å²) in [4.78, 5) is 23.2. The summed E-state index contributed by atoms with van der Waals surface area (Å²) in [6, 6.07) is 5.64. The summed E-state index contributed by atoms with van der Waals surface area (Å²) in [7, 11) is 0. The number of carbonyl (C=O) groups excluding carboxylic acids is 1. The van der Waals surface area contributed by atoms with Crippen LogP contribution in [-0.4, -0.2) is 22.4 Å². The van der Waals surface area contributed by atoms with Crippen LogP contribution in [0.25, 0.3) is 5.69 Å². The van der Waals surface area contributed by atoms with Crippen molar-refractivity contribution in [1.82, 2.24) is 9.78 Å². The highest BCUT2D eigenvalue weighted by Crippen LogP contribution is 2.13. The fraction of sp³-hybridized carbons (Fsp3) is 0.214. The van der Waals surface area contributed by atoms with Gasteiger partial charge in [-0.1, -0.05) is 6.07 Å². The maximum Gasteiger partial charge on any atom is 0.362 e. The maximum absolute atomic E-state index is 13.8. The van der Waals surface area contributed by atoms with Crippen molar-refractivity contribution in [3.8, 4) is 5.69 Å². The average Bonchev–Trinajstić information content (AvgIpc) is 2.42. The molecule has 0 unspecified atom stereocenters. The number of carbonyl (C=O) groups is 1. The fourth-order valence-electron chi connectivity index (χ4n) is 1.68. The van der Waals surface area contributed by atoms with Crippen molar-refractivity contribution in [3.05, 3.63) is 57.8 Å². The molecule has 0 aliphatic rings. The smallest absolute Gasteiger partial charge is 0.362 e. The average molecular weight is 276 g/mol. The predicted octanol–water partition coefficient (Wildman–Crippen LogP) is 1.86. The lowest BCUT2D eigenvalue weighted by Gasteiger charge is -2.08. The lowest BCUT2D eigenvalue weighted by Crippen LogP contribution is -2.22. The molecule has 6 heteroatoms. The number of ether oxygens (including phenoxy) is 1. The van der Waals surface area contributed by atoms with Gasteiger partial charge in [0.1, 0.15) is 11.5 Å². The first kappa shape index (κ1) is 13.9. The van der Waals surface area contributed by atoms with E-state index in [-0.39, 0.29) is 18.0 Å². The van der Waals surface area contributed by atoms with Crippen molar-refractivity contribution in [1.29, 1.82) is 0 Å². The second-order valence-electron chi connectivity index (χ2n) is 4.15. The second-order valence-corrected chi connectivity index (χ2v) is 4.15. The first-order chi connectivity index (χ1) is 9.52. The fourth-order valence-corrected chi connectivity index (χ4v) is 1.68. The molecular weight excluding hydrogens is 263 g/mol. The van der Waals surface area contributed by atoms with Crippen molar-refractivity contribution in [2.75, 3.05) is 6.61 Å². The Hall–Kier alpha value is -2.50. The molecule has 20 heavy (non-hydrogen) atoms. The zero-order valence-corrected chi connectivity index (χ0v) is 11.1. The quantitative estimate of drug-likeness (QED) is 0.803. The Labute approximate surface area is 114 Å². The summed E-state index contributed by atoms with van der Waals surface area (Å²) in [6.45, 7) is 3.56. The van der Waals surface area contributed by atoms with Gasteiger partial charge in [0.15, 0.2) is 0 Å². The number of benzene rings is 1. The predicted molar refractivity (Wildman–Crippen MR) is 70.5 cm³/mol. The SMILES string of the molecule is CCOC(=O)c1nn(-c2cc(C)ccc2F)ccc1=O. The van der Waals surface area contributed by atoms with Crippen LogP contribution in [0, 0.1) is 12.7 Å². The molecule has 0 aliphatic carbocycles. The minimum absolute atomic E-state index is 0.133. The van der Waals surface area contributed by atoms with E-state index in [1.54, 1.807) is 26.0 Å². The Balaban J connectivity index is 2.54. The number of aromatic nitrogens is 2. The summed E-state index contributed by atoms with van der Waals surface area (Å²) < 4.78 is 19.7. The van der Waals surface area contributed by atoms with Crippen molar-refractivity contribution in [2.45, 2.75) is 13.8 Å². The van der Waals surface area contributed by atoms with Gasteiger partial charge in [-0.25, -0.2) is 13.9 Å². The third kappa shape index (κ3) is 2.74. The van der Waals surface area contributed by atoms with Gasteiger partial charge < -0.3 is 4.74 Å². The van der Waals surface area contributed by atoms with Crippen LogP contribution in [0.5, 0.6) is 0 Å². The largest absolute Gasteiger partial charge is 0.461 e. The first-order valence-electron chi connectivity index (χ1n) is 6.06. The van der Waals surface area contributed by atoms with Gasteiger partial charge in [0, 0.05) is 12.3 Å². The van der Waals surface area contributed by atoms with E-state index in [2.05, 4.69) is 5.10 Å². The van der Waals surface area contributed by atoms with E-state index in [1.165, 1.54) is 12.3 Å². The first-order valence-corrected chi connectivity index (χ1v) is 6.06. The molecule has 0 spiro atoms. The molecule has 0 amide bonds. The Morgan fingerprint density at radius 2 is 2.15 bits per heavy atom. The maximum atomic E-state index is 13.8. The zero-order chi connectivity index (χ0) is 14.7. The molecule has 5 nitrogen and oxygen atoms in total. The normalized spacial score (nSPS) is 10.3. The van der Waals surface area contributed by atoms with Gasteiger partial charge in [0.25, 0.3) is 0 Å². The molecule has 1 aromatic heterocycles. The zero-order valence-electron chi connectivity index (χ0n) is 11.1. The monoisotopic (exact) mass is 276 g/mol. The van der Waals surface area contributed by atoms with Crippen LogP contribution in [0.2, 0.25) is 0 Å². The molecule has 1 aromatic carbocycles. The van der Waals surface area contributed by atoms with Gasteiger partial charge in [0.05, 0.1) is 6.61 Å². The number of nitrogens with zero attached hydrogens (tertiary/aromatic N) is 2. The Morgan fingerprint density at radius 1 is 1.40 bits per heavy atom. The number of aryl methyl sites for hydroxylation is 1. The standard InChI is InChI=1S/C14H13FN2O3/c1-3-20-14(19)13-12(18)6-7-17(16-13)11-8-9(2)4-5-10(11)15/h4-8H,3H2,1-2H3. The van der Waals surface area contributed by atoms with E-state index in [9.17, 15) is 14.0 Å². The molecule has 0 saturated carbocycles. The molecule has 104 valence electrons. The van der Waals surface area contributed by atoms with E-state index in [0.717, 1.165) is 16.3 Å². The highest BCUT2D eigenvalue weighted by atomic mass is 19.1. The van der Waals surface area contributed by atoms with E-state index in [1.807, 2.05) is 0 Å². The van der Waals surface area contributed by atoms with Crippen LogP contribution < -0.4 is 5.43 Å². The molecular formula is C14H13FN2O3. The number of esters is 1. The molecule has 0 radical (unpaired) electrons. The van der Waals surface area contributed by atoms with Gasteiger partial charge in [0.2, 0.25) is 11.1 Å². The lowest BCUT2D eigenvalue weighted by atomic mass is 10.2. The third-order valence-electron chi connectivity index (χ3n) is 2.63. The number of halogens is 1. The summed E-state index contributed by atoms with van der Waals surface area (Å²) in [6.07, 6.45) is 1.31. The molecule has 0 aliphatic heterocycles. The van der Waals surface area contributed by atoms with Crippen LogP contribution in [0.15, 0.2) is 35.3 Å². The van der Waals surface area contributed by atoms with Crippen molar-refractivity contribution < 1.29 is 13.9 Å². The van der Waals surface area contributed by atoms with Crippen molar-refractivity contribution >= 4 is 5.97 Å². The van der Waals surface area contributed by atoms with Gasteiger partial charge >= 0.3 is 5.97 Å². The number of hydrogen-bond donors (Lipinski definition) is 0. The molecule has 2 rings (SSSR count). The Morgan fingerprint density at radius 3 is 2.85 bits per heavy atom. The minimum atomic E-state index is -0.820.